The highest BCUT2D eigenvalue weighted by molar-refractivity contribution is 5.94. The molecule has 0 atom stereocenters. The lowest BCUT2D eigenvalue weighted by Crippen LogP contribution is -2.14. The summed E-state index contributed by atoms with van der Waals surface area (Å²) in [6.07, 6.45) is -0.192. The molecule has 7 heteroatoms. The summed E-state index contributed by atoms with van der Waals surface area (Å²) in [5, 5.41) is 0. The molecule has 20 heavy (non-hydrogen) atoms. The maximum atomic E-state index is 12.3. The minimum Gasteiger partial charge on any atom is -0.487 e. The highest BCUT2D eigenvalue weighted by Crippen LogP contribution is 2.31. The largest absolute Gasteiger partial charge is 0.487 e. The summed E-state index contributed by atoms with van der Waals surface area (Å²) in [6, 6.07) is 4.45. The van der Waals surface area contributed by atoms with Crippen molar-refractivity contribution in [2.75, 3.05) is 13.8 Å². The number of ether oxygens (including phenoxy) is 3. The first-order valence-corrected chi connectivity index (χ1v) is 6.03. The van der Waals surface area contributed by atoms with Gasteiger partial charge in [0, 0.05) is 12.6 Å². The van der Waals surface area contributed by atoms with E-state index in [0.29, 0.717) is 11.5 Å². The van der Waals surface area contributed by atoms with Crippen LogP contribution in [0.2, 0.25) is 0 Å². The molecular formula is C13H18F2N2O3. The molecule has 0 aliphatic rings. The van der Waals surface area contributed by atoms with Gasteiger partial charge in [-0.1, -0.05) is 0 Å². The monoisotopic (exact) mass is 288 g/mol. The number of aliphatic imine (C=N–C) groups is 1. The zero-order valence-electron chi connectivity index (χ0n) is 11.6. The van der Waals surface area contributed by atoms with E-state index in [0.717, 1.165) is 0 Å². The second-order valence-electron chi connectivity index (χ2n) is 4.05. The van der Waals surface area contributed by atoms with Gasteiger partial charge in [-0.05, 0) is 32.0 Å². The lowest BCUT2D eigenvalue weighted by atomic mass is 10.2. The number of halogens is 2. The van der Waals surface area contributed by atoms with Crippen molar-refractivity contribution < 1.29 is 23.0 Å². The molecule has 0 aromatic heterocycles. The first kappa shape index (κ1) is 16.2. The summed E-state index contributed by atoms with van der Waals surface area (Å²) < 4.78 is 39.7. The van der Waals surface area contributed by atoms with Crippen LogP contribution >= 0.6 is 0 Å². The van der Waals surface area contributed by atoms with E-state index in [1.807, 2.05) is 0 Å². The summed E-state index contributed by atoms with van der Waals surface area (Å²) in [4.78, 5) is 3.93. The Hall–Kier alpha value is -1.89. The molecular weight excluding hydrogens is 270 g/mol. The molecule has 0 heterocycles. The SMILES string of the molecule is CN=C(OCN)c1ccc(OC(F)F)c(OC(C)C)c1. The van der Waals surface area contributed by atoms with E-state index in [4.69, 9.17) is 15.2 Å². The third-order valence-electron chi connectivity index (χ3n) is 2.19. The topological polar surface area (TPSA) is 66.1 Å². The molecule has 0 amide bonds. The number of nitrogens with two attached hydrogens (primary N) is 1. The minimum absolute atomic E-state index is 0.0394. The molecule has 1 aromatic rings. The lowest BCUT2D eigenvalue weighted by Gasteiger charge is -2.16. The van der Waals surface area contributed by atoms with Crippen LogP contribution in [0.15, 0.2) is 23.2 Å². The van der Waals surface area contributed by atoms with E-state index in [2.05, 4.69) is 9.73 Å². The second-order valence-corrected chi connectivity index (χ2v) is 4.05. The van der Waals surface area contributed by atoms with Gasteiger partial charge in [0.2, 0.25) is 5.90 Å². The Labute approximate surface area is 116 Å². The third kappa shape index (κ3) is 4.65. The number of nitrogens with zero attached hydrogens (tertiary/aromatic N) is 1. The standard InChI is InChI=1S/C13H18F2N2O3/c1-8(2)19-11-6-9(12(17-3)18-7-16)4-5-10(11)20-13(14)15/h4-6,8,13H,7,16H2,1-3H3. The van der Waals surface area contributed by atoms with Crippen LogP contribution in [0.5, 0.6) is 11.5 Å². The predicted octanol–water partition coefficient (Wildman–Crippen LogP) is 2.38. The molecule has 0 aliphatic heterocycles. The Morgan fingerprint density at radius 1 is 1.25 bits per heavy atom. The van der Waals surface area contributed by atoms with Gasteiger partial charge >= 0.3 is 6.61 Å². The number of hydrogen-bond donors (Lipinski definition) is 1. The predicted molar refractivity (Wildman–Crippen MR) is 71.4 cm³/mol. The molecule has 0 aliphatic carbocycles. The minimum atomic E-state index is -2.92. The fourth-order valence-corrected chi connectivity index (χ4v) is 1.54. The highest BCUT2D eigenvalue weighted by atomic mass is 19.3. The Balaban J connectivity index is 3.12. The zero-order chi connectivity index (χ0) is 15.1. The molecule has 2 N–H and O–H groups in total. The van der Waals surface area contributed by atoms with Crippen molar-refractivity contribution in [2.24, 2.45) is 10.7 Å². The van der Waals surface area contributed by atoms with Gasteiger partial charge in [0.05, 0.1) is 6.10 Å². The quantitative estimate of drug-likeness (QED) is 0.496. The average molecular weight is 288 g/mol. The summed E-state index contributed by atoms with van der Waals surface area (Å²) >= 11 is 0. The fraction of sp³-hybridized carbons (Fsp3) is 0.462. The third-order valence-corrected chi connectivity index (χ3v) is 2.19. The van der Waals surface area contributed by atoms with Crippen LogP contribution in [-0.4, -0.2) is 32.4 Å². The number of hydrogen-bond acceptors (Lipinski definition) is 5. The Bertz CT molecular complexity index is 465. The maximum Gasteiger partial charge on any atom is 0.387 e. The van der Waals surface area contributed by atoms with Gasteiger partial charge in [0.1, 0.15) is 6.73 Å². The van der Waals surface area contributed by atoms with Crippen molar-refractivity contribution in [1.29, 1.82) is 0 Å². The Morgan fingerprint density at radius 3 is 2.45 bits per heavy atom. The molecule has 0 radical (unpaired) electrons. The summed E-state index contributed by atoms with van der Waals surface area (Å²) in [5.74, 6) is 0.449. The molecule has 0 saturated carbocycles. The first-order valence-electron chi connectivity index (χ1n) is 6.03. The van der Waals surface area contributed by atoms with Crippen molar-refractivity contribution in [2.45, 2.75) is 26.6 Å². The molecule has 0 spiro atoms. The number of alkyl halides is 2. The normalized spacial score (nSPS) is 11.9. The van der Waals surface area contributed by atoms with Crippen LogP contribution in [0.3, 0.4) is 0 Å². The van der Waals surface area contributed by atoms with Gasteiger partial charge in [0.15, 0.2) is 11.5 Å². The van der Waals surface area contributed by atoms with Crippen LogP contribution in [0.4, 0.5) is 8.78 Å². The van der Waals surface area contributed by atoms with E-state index < -0.39 is 6.61 Å². The Morgan fingerprint density at radius 2 is 1.95 bits per heavy atom. The van der Waals surface area contributed by atoms with Crippen LogP contribution < -0.4 is 15.2 Å². The van der Waals surface area contributed by atoms with Crippen LogP contribution in [-0.2, 0) is 4.74 Å². The van der Waals surface area contributed by atoms with Gasteiger partial charge in [-0.3, -0.25) is 10.7 Å². The summed E-state index contributed by atoms with van der Waals surface area (Å²) in [6.45, 7) is 0.603. The first-order chi connectivity index (χ1) is 9.47. The van der Waals surface area contributed by atoms with Crippen LogP contribution in [0.1, 0.15) is 19.4 Å². The molecule has 0 saturated heterocycles. The van der Waals surface area contributed by atoms with Crippen LogP contribution in [0, 0.1) is 0 Å². The van der Waals surface area contributed by atoms with Gasteiger partial charge < -0.3 is 14.2 Å². The van der Waals surface area contributed by atoms with Crippen LogP contribution in [0.25, 0.3) is 0 Å². The zero-order valence-corrected chi connectivity index (χ0v) is 11.6. The van der Waals surface area contributed by atoms with E-state index >= 15 is 0 Å². The molecule has 112 valence electrons. The molecule has 0 fully saturated rings. The molecule has 1 rings (SSSR count). The van der Waals surface area contributed by atoms with E-state index in [1.165, 1.54) is 19.2 Å². The van der Waals surface area contributed by atoms with E-state index in [-0.39, 0.29) is 24.3 Å². The summed E-state index contributed by atoms with van der Waals surface area (Å²) in [7, 11) is 1.54. The molecule has 0 bridgehead atoms. The molecule has 1 aromatic carbocycles. The number of rotatable bonds is 6. The van der Waals surface area contributed by atoms with Crippen molar-refractivity contribution >= 4 is 5.90 Å². The lowest BCUT2D eigenvalue weighted by molar-refractivity contribution is -0.0518. The smallest absolute Gasteiger partial charge is 0.387 e. The van der Waals surface area contributed by atoms with Gasteiger partial charge in [-0.25, -0.2) is 0 Å². The van der Waals surface area contributed by atoms with E-state index in [1.54, 1.807) is 19.9 Å². The highest BCUT2D eigenvalue weighted by Gasteiger charge is 2.15. The molecule has 5 nitrogen and oxygen atoms in total. The van der Waals surface area contributed by atoms with Crippen molar-refractivity contribution in [1.82, 2.24) is 0 Å². The summed E-state index contributed by atoms with van der Waals surface area (Å²) in [5.41, 5.74) is 5.86. The van der Waals surface area contributed by atoms with Gasteiger partial charge in [0.25, 0.3) is 0 Å². The van der Waals surface area contributed by atoms with Crippen molar-refractivity contribution in [3.63, 3.8) is 0 Å². The Kier molecular flexibility index (Phi) is 6.17. The second kappa shape index (κ2) is 7.64. The fourth-order valence-electron chi connectivity index (χ4n) is 1.54. The number of benzene rings is 1. The van der Waals surface area contributed by atoms with Gasteiger partial charge in [-0.2, -0.15) is 8.78 Å². The van der Waals surface area contributed by atoms with Crippen molar-refractivity contribution in [3.05, 3.63) is 23.8 Å². The van der Waals surface area contributed by atoms with Crippen molar-refractivity contribution in [3.8, 4) is 11.5 Å². The molecule has 0 unspecified atom stereocenters. The van der Waals surface area contributed by atoms with E-state index in [9.17, 15) is 8.78 Å². The maximum absolute atomic E-state index is 12.3. The van der Waals surface area contributed by atoms with Gasteiger partial charge in [-0.15, -0.1) is 0 Å². The average Bonchev–Trinajstić information content (AvgIpc) is 2.37.